The normalized spacial score (nSPS) is 23.8. The van der Waals surface area contributed by atoms with Crippen LogP contribution in [0, 0.1) is 11.8 Å². The van der Waals surface area contributed by atoms with Crippen molar-refractivity contribution in [1.82, 2.24) is 15.6 Å². The van der Waals surface area contributed by atoms with Crippen LogP contribution in [0.4, 0.5) is 5.69 Å². The van der Waals surface area contributed by atoms with Gasteiger partial charge in [-0.05, 0) is 35.7 Å². The molecule has 2 aromatic rings. The molecule has 3 heterocycles. The van der Waals surface area contributed by atoms with Gasteiger partial charge in [-0.3, -0.25) is 14.4 Å². The van der Waals surface area contributed by atoms with E-state index in [1.807, 2.05) is 25.1 Å². The van der Waals surface area contributed by atoms with E-state index in [0.717, 1.165) is 29.6 Å². The van der Waals surface area contributed by atoms with E-state index in [-0.39, 0.29) is 29.5 Å². The Balaban J connectivity index is 1.47. The predicted octanol–water partition coefficient (Wildman–Crippen LogP) is 1.49. The summed E-state index contributed by atoms with van der Waals surface area (Å²) in [5.74, 6) is 0.1000. The lowest BCUT2D eigenvalue weighted by Crippen LogP contribution is -2.30. The van der Waals surface area contributed by atoms with Crippen molar-refractivity contribution in [2.75, 3.05) is 31.7 Å². The Morgan fingerprint density at radius 2 is 2.00 bits per heavy atom. The molecular weight excluding hydrogens is 408 g/mol. The minimum absolute atomic E-state index is 0.139. The molecule has 3 aliphatic rings. The van der Waals surface area contributed by atoms with E-state index < -0.39 is 0 Å². The van der Waals surface area contributed by atoms with Gasteiger partial charge in [-0.25, -0.2) is 4.98 Å². The summed E-state index contributed by atoms with van der Waals surface area (Å²) in [6, 6.07) is 9.35. The number of benzene rings is 1. The summed E-state index contributed by atoms with van der Waals surface area (Å²) >= 11 is 0. The Morgan fingerprint density at radius 3 is 2.72 bits per heavy atom. The second-order valence-electron chi connectivity index (χ2n) is 8.72. The Hall–Kier alpha value is -3.26. The number of nitrogens with one attached hydrogen (secondary N) is 2. The lowest BCUT2D eigenvalue weighted by molar-refractivity contribution is -0.107. The lowest BCUT2D eigenvalue weighted by atomic mass is 9.90. The number of fused-ring (bicyclic) bond motifs is 2. The highest BCUT2D eigenvalue weighted by molar-refractivity contribution is 5.99. The van der Waals surface area contributed by atoms with Gasteiger partial charge >= 0.3 is 0 Å². The molecule has 3 amide bonds. The first kappa shape index (κ1) is 20.6. The van der Waals surface area contributed by atoms with Gasteiger partial charge in [0.25, 0.3) is 11.8 Å². The number of carbonyl (C=O) groups is 3. The summed E-state index contributed by atoms with van der Waals surface area (Å²) in [6.45, 7) is 4.04. The molecule has 8 nitrogen and oxygen atoms in total. The molecule has 8 heteroatoms. The van der Waals surface area contributed by atoms with Gasteiger partial charge in [0.05, 0.1) is 13.2 Å². The number of amides is 3. The van der Waals surface area contributed by atoms with Gasteiger partial charge in [-0.15, -0.1) is 0 Å². The van der Waals surface area contributed by atoms with E-state index in [1.165, 1.54) is 0 Å². The van der Waals surface area contributed by atoms with Gasteiger partial charge < -0.3 is 20.3 Å². The summed E-state index contributed by atoms with van der Waals surface area (Å²) in [7, 11) is 1.54. The maximum absolute atomic E-state index is 13.0. The van der Waals surface area contributed by atoms with E-state index in [9.17, 15) is 14.4 Å². The van der Waals surface area contributed by atoms with E-state index >= 15 is 0 Å². The SMILES string of the molecule is CNC(=O)c1cc(C(=O)NC2C3COCC32)cc(C(C)c2cccc3c2CCN3C=O)n1. The van der Waals surface area contributed by atoms with Gasteiger partial charge in [0, 0.05) is 54.3 Å². The van der Waals surface area contributed by atoms with E-state index in [1.54, 1.807) is 24.1 Å². The first-order valence-corrected chi connectivity index (χ1v) is 11.0. The number of carbonyl (C=O) groups excluding carboxylic acids is 3. The Bertz CT molecular complexity index is 1090. The quantitative estimate of drug-likeness (QED) is 0.671. The number of rotatable bonds is 6. The van der Waals surface area contributed by atoms with Crippen molar-refractivity contribution in [3.8, 4) is 0 Å². The third-order valence-corrected chi connectivity index (χ3v) is 6.95. The number of hydrogen-bond acceptors (Lipinski definition) is 5. The summed E-state index contributed by atoms with van der Waals surface area (Å²) in [5.41, 5.74) is 4.35. The van der Waals surface area contributed by atoms with Crippen LogP contribution in [0.5, 0.6) is 0 Å². The summed E-state index contributed by atoms with van der Waals surface area (Å²) < 4.78 is 5.40. The third kappa shape index (κ3) is 3.44. The van der Waals surface area contributed by atoms with Crippen LogP contribution in [0.2, 0.25) is 0 Å². The molecule has 1 saturated carbocycles. The Labute approximate surface area is 186 Å². The molecule has 1 aliphatic carbocycles. The fraction of sp³-hybridized carbons (Fsp3) is 0.417. The van der Waals surface area contributed by atoms with Crippen LogP contribution in [-0.2, 0) is 16.0 Å². The Morgan fingerprint density at radius 1 is 1.22 bits per heavy atom. The fourth-order valence-electron chi connectivity index (χ4n) is 5.00. The lowest BCUT2D eigenvalue weighted by Gasteiger charge is -2.18. The van der Waals surface area contributed by atoms with Crippen molar-refractivity contribution in [2.24, 2.45) is 11.8 Å². The first-order valence-electron chi connectivity index (χ1n) is 11.0. The van der Waals surface area contributed by atoms with E-state index in [4.69, 9.17) is 4.74 Å². The molecule has 3 unspecified atom stereocenters. The molecular formula is C24H26N4O4. The second-order valence-corrected chi connectivity index (χ2v) is 8.72. The zero-order chi connectivity index (χ0) is 22.4. The molecule has 1 saturated heterocycles. The predicted molar refractivity (Wildman–Crippen MR) is 118 cm³/mol. The molecule has 2 aliphatic heterocycles. The molecule has 2 fully saturated rings. The number of nitrogens with zero attached hydrogens (tertiary/aromatic N) is 2. The van der Waals surface area contributed by atoms with Crippen molar-refractivity contribution in [3.05, 3.63) is 58.4 Å². The fourth-order valence-corrected chi connectivity index (χ4v) is 5.00. The largest absolute Gasteiger partial charge is 0.381 e. The van der Waals surface area contributed by atoms with Crippen LogP contribution in [0.25, 0.3) is 0 Å². The molecule has 0 spiro atoms. The smallest absolute Gasteiger partial charge is 0.269 e. The molecule has 1 aromatic heterocycles. The average Bonchev–Trinajstić information content (AvgIpc) is 3.18. The highest BCUT2D eigenvalue weighted by Crippen LogP contribution is 2.44. The van der Waals surface area contributed by atoms with Crippen LogP contribution in [0.1, 0.15) is 50.5 Å². The molecule has 166 valence electrons. The maximum atomic E-state index is 13.0. The Kier molecular flexibility index (Phi) is 5.17. The number of aromatic nitrogens is 1. The summed E-state index contributed by atoms with van der Waals surface area (Å²) in [6.07, 6.45) is 1.62. The topological polar surface area (TPSA) is 101 Å². The van der Waals surface area contributed by atoms with Crippen molar-refractivity contribution in [1.29, 1.82) is 0 Å². The highest BCUT2D eigenvalue weighted by Gasteiger charge is 2.54. The monoisotopic (exact) mass is 434 g/mol. The minimum atomic E-state index is -0.338. The standard InChI is InChI=1S/C24H26N4O4/c1-13(15-4-3-5-21-16(15)6-7-28(21)12-29)19-8-14(9-20(26-19)24(31)25-2)23(30)27-22-17-10-32-11-18(17)22/h3-5,8-9,12-13,17-18,22H,6-7,10-11H2,1-2H3,(H,25,31)(H,27,30). The van der Waals surface area contributed by atoms with E-state index in [0.29, 0.717) is 42.9 Å². The summed E-state index contributed by atoms with van der Waals surface area (Å²) in [5, 5.41) is 5.69. The average molecular weight is 434 g/mol. The number of anilines is 1. The second kappa shape index (κ2) is 8.02. The summed E-state index contributed by atoms with van der Waals surface area (Å²) in [4.78, 5) is 43.1. The molecule has 32 heavy (non-hydrogen) atoms. The zero-order valence-electron chi connectivity index (χ0n) is 18.1. The first-order chi connectivity index (χ1) is 15.5. The molecule has 3 atom stereocenters. The van der Waals surface area contributed by atoms with Crippen molar-refractivity contribution < 1.29 is 19.1 Å². The highest BCUT2D eigenvalue weighted by atomic mass is 16.5. The third-order valence-electron chi connectivity index (χ3n) is 6.95. The van der Waals surface area contributed by atoms with Gasteiger partial charge in [-0.2, -0.15) is 0 Å². The molecule has 5 rings (SSSR count). The number of hydrogen-bond donors (Lipinski definition) is 2. The van der Waals surface area contributed by atoms with Gasteiger partial charge in [0.1, 0.15) is 5.69 Å². The number of ether oxygens (including phenoxy) is 1. The van der Waals surface area contributed by atoms with Crippen molar-refractivity contribution >= 4 is 23.9 Å². The maximum Gasteiger partial charge on any atom is 0.269 e. The van der Waals surface area contributed by atoms with Crippen LogP contribution >= 0.6 is 0 Å². The van der Waals surface area contributed by atoms with Crippen LogP contribution in [0.3, 0.4) is 0 Å². The molecule has 1 aromatic carbocycles. The van der Waals surface area contributed by atoms with Crippen molar-refractivity contribution in [3.63, 3.8) is 0 Å². The number of pyridine rings is 1. The van der Waals surface area contributed by atoms with Gasteiger partial charge in [0.2, 0.25) is 6.41 Å². The van der Waals surface area contributed by atoms with E-state index in [2.05, 4.69) is 15.6 Å². The van der Waals surface area contributed by atoms with Gasteiger partial charge in [0.15, 0.2) is 0 Å². The zero-order valence-corrected chi connectivity index (χ0v) is 18.1. The molecule has 0 bridgehead atoms. The molecule has 0 radical (unpaired) electrons. The van der Waals surface area contributed by atoms with Crippen LogP contribution < -0.4 is 15.5 Å². The van der Waals surface area contributed by atoms with Gasteiger partial charge in [-0.1, -0.05) is 19.1 Å². The molecule has 2 N–H and O–H groups in total. The van der Waals surface area contributed by atoms with Crippen LogP contribution in [0.15, 0.2) is 30.3 Å². The van der Waals surface area contributed by atoms with Crippen molar-refractivity contribution in [2.45, 2.75) is 25.3 Å². The van der Waals surface area contributed by atoms with Crippen LogP contribution in [-0.4, -0.2) is 56.1 Å². The minimum Gasteiger partial charge on any atom is -0.381 e.